The molecule has 7 nitrogen and oxygen atoms in total. The Bertz CT molecular complexity index is 1600. The fourth-order valence-corrected chi connectivity index (χ4v) is 6.38. The molecule has 1 aliphatic rings. The van der Waals surface area contributed by atoms with E-state index in [0.29, 0.717) is 30.3 Å². The minimum Gasteiger partial charge on any atom is -0.302 e. The van der Waals surface area contributed by atoms with Crippen molar-refractivity contribution >= 4 is 21.6 Å². The van der Waals surface area contributed by atoms with Crippen LogP contribution in [-0.4, -0.2) is 35.0 Å². The molecule has 0 fully saturated rings. The van der Waals surface area contributed by atoms with Crippen LogP contribution in [0.15, 0.2) is 83.8 Å². The lowest BCUT2D eigenvalue weighted by Crippen LogP contribution is -2.37. The number of hydrogen-bond donors (Lipinski definition) is 0. The number of amides is 1. The van der Waals surface area contributed by atoms with Crippen LogP contribution in [0.2, 0.25) is 0 Å². The number of aryl methyl sites for hydroxylation is 1. The van der Waals surface area contributed by atoms with Crippen molar-refractivity contribution in [3.8, 4) is 0 Å². The summed E-state index contributed by atoms with van der Waals surface area (Å²) in [6.07, 6.45) is 0.495. The Morgan fingerprint density at radius 1 is 1.00 bits per heavy atom. The standard InChI is InChI=1S/C30H31FN4O3S/c1-21(2)22-13-15-24(16-14-22)39(37,38)34-18-17-29-26(19-34)28(32-33(29)3)20-35(23-9-5-4-6-10-23)30(36)25-11-7-8-12-27(25)31/h4-16,21H,17-20H2,1-3H3. The molecular weight excluding hydrogens is 515 g/mol. The smallest absolute Gasteiger partial charge is 0.261 e. The van der Waals surface area contributed by atoms with Gasteiger partial charge in [0.2, 0.25) is 10.0 Å². The number of nitrogens with zero attached hydrogens (tertiary/aromatic N) is 4. The maximum absolute atomic E-state index is 14.6. The molecule has 1 aromatic heterocycles. The third-order valence-electron chi connectivity index (χ3n) is 7.20. The maximum atomic E-state index is 14.6. The summed E-state index contributed by atoms with van der Waals surface area (Å²) in [5.41, 5.74) is 3.91. The number of para-hydroxylation sites is 1. The van der Waals surface area contributed by atoms with Crippen LogP contribution >= 0.6 is 0 Å². The Morgan fingerprint density at radius 2 is 1.67 bits per heavy atom. The molecule has 0 aliphatic carbocycles. The number of carbonyl (C=O) groups is 1. The molecule has 2 heterocycles. The van der Waals surface area contributed by atoms with Crippen LogP contribution in [0.1, 0.15) is 52.6 Å². The van der Waals surface area contributed by atoms with E-state index in [1.165, 1.54) is 21.3 Å². The van der Waals surface area contributed by atoms with Gasteiger partial charge in [0.15, 0.2) is 0 Å². The fraction of sp³-hybridized carbons (Fsp3) is 0.267. The van der Waals surface area contributed by atoms with Crippen LogP contribution < -0.4 is 4.90 Å². The Kier molecular flexibility index (Phi) is 7.38. The summed E-state index contributed by atoms with van der Waals surface area (Å²) in [5.74, 6) is -0.798. The molecule has 9 heteroatoms. The quantitative estimate of drug-likeness (QED) is 0.316. The van der Waals surface area contributed by atoms with Gasteiger partial charge in [-0.3, -0.25) is 9.48 Å². The molecule has 0 spiro atoms. The topological polar surface area (TPSA) is 75.5 Å². The highest BCUT2D eigenvalue weighted by atomic mass is 32.2. The number of halogens is 1. The van der Waals surface area contributed by atoms with Crippen LogP contribution in [0.3, 0.4) is 0 Å². The van der Waals surface area contributed by atoms with Crippen LogP contribution in [0, 0.1) is 5.82 Å². The van der Waals surface area contributed by atoms with Crippen LogP contribution in [0.25, 0.3) is 0 Å². The molecule has 202 valence electrons. The van der Waals surface area contributed by atoms with Gasteiger partial charge < -0.3 is 4.90 Å². The Morgan fingerprint density at radius 3 is 2.33 bits per heavy atom. The van der Waals surface area contributed by atoms with Gasteiger partial charge in [0.1, 0.15) is 5.82 Å². The molecule has 5 rings (SSSR count). The van der Waals surface area contributed by atoms with Gasteiger partial charge in [-0.1, -0.05) is 56.3 Å². The molecule has 0 N–H and O–H groups in total. The monoisotopic (exact) mass is 546 g/mol. The van der Waals surface area contributed by atoms with Gasteiger partial charge in [-0.05, 0) is 47.9 Å². The molecule has 0 saturated heterocycles. The van der Waals surface area contributed by atoms with Gasteiger partial charge >= 0.3 is 0 Å². The summed E-state index contributed by atoms with van der Waals surface area (Å²) in [6.45, 7) is 4.67. The van der Waals surface area contributed by atoms with E-state index >= 15 is 0 Å². The summed E-state index contributed by atoms with van der Waals surface area (Å²) >= 11 is 0. The molecule has 0 bridgehead atoms. The number of carbonyl (C=O) groups excluding carboxylic acids is 1. The molecule has 3 aromatic carbocycles. The number of sulfonamides is 1. The highest BCUT2D eigenvalue weighted by Gasteiger charge is 2.33. The third-order valence-corrected chi connectivity index (χ3v) is 9.06. The average Bonchev–Trinajstić information content (AvgIpc) is 3.26. The summed E-state index contributed by atoms with van der Waals surface area (Å²) in [4.78, 5) is 15.3. The van der Waals surface area contributed by atoms with Crippen molar-refractivity contribution in [1.82, 2.24) is 14.1 Å². The first-order chi connectivity index (χ1) is 18.7. The Balaban J connectivity index is 1.48. The van der Waals surface area contributed by atoms with Crippen LogP contribution in [0.5, 0.6) is 0 Å². The zero-order valence-electron chi connectivity index (χ0n) is 22.2. The lowest BCUT2D eigenvalue weighted by Gasteiger charge is -2.28. The summed E-state index contributed by atoms with van der Waals surface area (Å²) < 4.78 is 45.0. The molecule has 0 saturated carbocycles. The first-order valence-corrected chi connectivity index (χ1v) is 14.4. The van der Waals surface area contributed by atoms with Crippen molar-refractivity contribution in [2.75, 3.05) is 11.4 Å². The second-order valence-electron chi connectivity index (χ2n) is 10.0. The van der Waals surface area contributed by atoms with E-state index in [2.05, 4.69) is 18.9 Å². The van der Waals surface area contributed by atoms with E-state index in [1.54, 1.807) is 41.1 Å². The number of aromatic nitrogens is 2. The zero-order valence-corrected chi connectivity index (χ0v) is 23.0. The molecule has 0 atom stereocenters. The predicted octanol–water partition coefficient (Wildman–Crippen LogP) is 5.28. The van der Waals surface area contributed by atoms with E-state index < -0.39 is 21.7 Å². The van der Waals surface area contributed by atoms with E-state index in [1.807, 2.05) is 37.4 Å². The van der Waals surface area contributed by atoms with Crippen LogP contribution in [-0.2, 0) is 36.6 Å². The van der Waals surface area contributed by atoms with Gasteiger partial charge in [0.05, 0.1) is 22.7 Å². The van der Waals surface area contributed by atoms with Crippen molar-refractivity contribution in [3.63, 3.8) is 0 Å². The maximum Gasteiger partial charge on any atom is 0.261 e. The molecule has 39 heavy (non-hydrogen) atoms. The number of fused-ring (bicyclic) bond motifs is 1. The van der Waals surface area contributed by atoms with Gasteiger partial charge in [-0.15, -0.1) is 0 Å². The highest BCUT2D eigenvalue weighted by Crippen LogP contribution is 2.30. The predicted molar refractivity (Wildman–Crippen MR) is 148 cm³/mol. The third kappa shape index (κ3) is 5.24. The molecule has 1 aliphatic heterocycles. The molecular formula is C30H31FN4O3S. The largest absolute Gasteiger partial charge is 0.302 e. The van der Waals surface area contributed by atoms with E-state index in [9.17, 15) is 17.6 Å². The molecule has 4 aromatic rings. The highest BCUT2D eigenvalue weighted by molar-refractivity contribution is 7.89. The van der Waals surface area contributed by atoms with Crippen molar-refractivity contribution < 1.29 is 17.6 Å². The minimum absolute atomic E-state index is 0.0415. The molecule has 0 unspecified atom stereocenters. The molecule has 0 radical (unpaired) electrons. The Hall–Kier alpha value is -3.82. The van der Waals surface area contributed by atoms with E-state index in [-0.39, 0.29) is 23.5 Å². The fourth-order valence-electron chi connectivity index (χ4n) is 4.97. The molecule has 1 amide bonds. The van der Waals surface area contributed by atoms with E-state index in [0.717, 1.165) is 16.8 Å². The normalized spacial score (nSPS) is 13.9. The number of anilines is 1. The first-order valence-electron chi connectivity index (χ1n) is 12.9. The van der Waals surface area contributed by atoms with Crippen molar-refractivity contribution in [3.05, 3.63) is 113 Å². The summed E-state index contributed by atoms with van der Waals surface area (Å²) in [6, 6.07) is 21.9. The summed E-state index contributed by atoms with van der Waals surface area (Å²) in [5, 5.41) is 4.68. The second-order valence-corrected chi connectivity index (χ2v) is 12.0. The van der Waals surface area contributed by atoms with Crippen molar-refractivity contribution in [2.45, 2.75) is 44.2 Å². The second kappa shape index (κ2) is 10.7. The number of benzene rings is 3. The van der Waals surface area contributed by atoms with Gasteiger partial charge in [-0.25, -0.2) is 12.8 Å². The number of rotatable bonds is 7. The summed E-state index contributed by atoms with van der Waals surface area (Å²) in [7, 11) is -1.91. The van der Waals surface area contributed by atoms with Gasteiger partial charge in [-0.2, -0.15) is 9.40 Å². The number of hydrogen-bond acceptors (Lipinski definition) is 4. The van der Waals surface area contributed by atoms with E-state index in [4.69, 9.17) is 0 Å². The lowest BCUT2D eigenvalue weighted by atomic mass is 10.0. The zero-order chi connectivity index (χ0) is 27.7. The van der Waals surface area contributed by atoms with Crippen LogP contribution in [0.4, 0.5) is 10.1 Å². The lowest BCUT2D eigenvalue weighted by molar-refractivity contribution is 0.0980. The first kappa shape index (κ1) is 26.8. The van der Waals surface area contributed by atoms with Gasteiger partial charge in [0, 0.05) is 43.5 Å². The van der Waals surface area contributed by atoms with Crippen molar-refractivity contribution in [1.29, 1.82) is 0 Å². The Labute approximate surface area is 228 Å². The average molecular weight is 547 g/mol. The minimum atomic E-state index is -3.73. The van der Waals surface area contributed by atoms with Gasteiger partial charge in [0.25, 0.3) is 5.91 Å². The SMILES string of the molecule is CC(C)c1ccc(S(=O)(=O)N2CCc3c(c(CN(C(=O)c4ccccc4F)c4ccccc4)nn3C)C2)cc1. The van der Waals surface area contributed by atoms with Crippen molar-refractivity contribution in [2.24, 2.45) is 7.05 Å².